The van der Waals surface area contributed by atoms with Crippen molar-refractivity contribution in [3.63, 3.8) is 0 Å². The Bertz CT molecular complexity index is 464. The van der Waals surface area contributed by atoms with Gasteiger partial charge >= 0.3 is 108 Å². The van der Waals surface area contributed by atoms with E-state index in [1.807, 2.05) is 13.5 Å². The summed E-state index contributed by atoms with van der Waals surface area (Å²) in [6.07, 6.45) is 0.631. The molecule has 0 aromatic heterocycles. The Balaban J connectivity index is 1.94. The van der Waals surface area contributed by atoms with Crippen LogP contribution in [-0.4, -0.2) is 63.0 Å². The van der Waals surface area contributed by atoms with E-state index in [9.17, 15) is 14.4 Å². The third-order valence-electron chi connectivity index (χ3n) is 3.12. The van der Waals surface area contributed by atoms with Gasteiger partial charge in [0.1, 0.15) is 0 Å². The first-order valence-corrected chi connectivity index (χ1v) is 6.09. The molecular formula is C8H11B5N2O3. The second-order valence-corrected chi connectivity index (χ2v) is 4.71. The van der Waals surface area contributed by atoms with E-state index < -0.39 is 11.9 Å². The van der Waals surface area contributed by atoms with E-state index >= 15 is 0 Å². The molecule has 3 amide bonds. The van der Waals surface area contributed by atoms with Gasteiger partial charge in [0.05, 0.1) is 0 Å². The van der Waals surface area contributed by atoms with Crippen LogP contribution in [0, 0.1) is 0 Å². The molecule has 18 heavy (non-hydrogen) atoms. The van der Waals surface area contributed by atoms with Crippen molar-refractivity contribution < 1.29 is 14.4 Å². The second kappa shape index (κ2) is 5.63. The molecule has 2 heterocycles. The molecule has 0 aliphatic carbocycles. The number of hydrogen-bond donors (Lipinski definition) is 2. The number of carbonyl (C=O) groups is 3. The molecule has 0 radical (unpaired) electrons. The molecule has 2 rings (SSSR count). The number of piperidine rings is 1. The van der Waals surface area contributed by atoms with Crippen molar-refractivity contribution in [2.24, 2.45) is 0 Å². The summed E-state index contributed by atoms with van der Waals surface area (Å²) in [4.78, 5) is 34.4. The third-order valence-corrected chi connectivity index (χ3v) is 3.12. The van der Waals surface area contributed by atoms with E-state index in [-0.39, 0.29) is 18.2 Å². The zero-order chi connectivity index (χ0) is 13.1. The van der Waals surface area contributed by atoms with Crippen LogP contribution in [0.15, 0.2) is 0 Å². The number of amides is 3. The van der Waals surface area contributed by atoms with Crippen LogP contribution in [0.2, 0.25) is 6.82 Å². The molecule has 0 bridgehead atoms. The van der Waals surface area contributed by atoms with Gasteiger partial charge in [-0.05, 0) is 0 Å². The minimum atomic E-state index is -0.608. The van der Waals surface area contributed by atoms with Gasteiger partial charge in [-0.15, -0.1) is 0 Å². The third kappa shape index (κ3) is 3.18. The molecule has 86 valence electrons. The molecule has 0 aromatic rings. The molecule has 5 nitrogen and oxygen atoms in total. The maximum atomic E-state index is 11.9. The van der Waals surface area contributed by atoms with Crippen LogP contribution in [0.25, 0.3) is 0 Å². The van der Waals surface area contributed by atoms with Gasteiger partial charge in [0.25, 0.3) is 0 Å². The van der Waals surface area contributed by atoms with Crippen molar-refractivity contribution in [1.82, 2.24) is 10.6 Å². The van der Waals surface area contributed by atoms with Crippen LogP contribution in [-0.2, 0) is 14.4 Å². The van der Waals surface area contributed by atoms with Gasteiger partial charge in [-0.3, -0.25) is 0 Å². The zero-order valence-corrected chi connectivity index (χ0v) is 10.2. The van der Waals surface area contributed by atoms with Crippen LogP contribution >= 0.6 is 0 Å². The van der Waals surface area contributed by atoms with E-state index in [1.165, 1.54) is 0 Å². The van der Waals surface area contributed by atoms with Crippen LogP contribution in [0.5, 0.6) is 0 Å². The van der Waals surface area contributed by atoms with Crippen LogP contribution in [0.3, 0.4) is 0 Å². The fraction of sp³-hybridized carbons (Fsp3) is 0.500. The first-order chi connectivity index (χ1) is 8.56. The summed E-state index contributed by atoms with van der Waals surface area (Å²) in [7, 11) is 0.828. The van der Waals surface area contributed by atoms with Crippen molar-refractivity contribution in [1.29, 1.82) is 0 Å². The number of nitrogens with one attached hydrogen (secondary N) is 2. The van der Waals surface area contributed by atoms with Gasteiger partial charge in [0, 0.05) is 0 Å². The van der Waals surface area contributed by atoms with Crippen molar-refractivity contribution in [2.45, 2.75) is 25.7 Å². The fourth-order valence-electron chi connectivity index (χ4n) is 1.97. The molecular weight excluding hydrogens is 226 g/mol. The fourth-order valence-corrected chi connectivity index (χ4v) is 1.97. The van der Waals surface area contributed by atoms with E-state index in [2.05, 4.69) is 17.5 Å². The number of rotatable bonds is 2. The Morgan fingerprint density at radius 3 is 2.94 bits per heavy atom. The van der Waals surface area contributed by atoms with E-state index in [0.717, 1.165) is 7.06 Å². The minimum absolute atomic E-state index is 0.257. The summed E-state index contributed by atoms with van der Waals surface area (Å²) in [6, 6.07) is -0.608. The Morgan fingerprint density at radius 1 is 1.56 bits per heavy atom. The summed E-state index contributed by atoms with van der Waals surface area (Å²) in [5.74, 6) is -0.961. The van der Waals surface area contributed by atoms with Gasteiger partial charge in [-0.25, -0.2) is 0 Å². The summed E-state index contributed by atoms with van der Waals surface area (Å²) in [5.41, 5.74) is 0. The normalized spacial score (nSPS) is 21.7. The molecule has 2 aliphatic rings. The second-order valence-electron chi connectivity index (χ2n) is 4.71. The average molecular weight is 237 g/mol. The standard InChI is InChI=1S/C8H11B5N2O3/c1-13-11-9-6(10-12-13)8(18)14-4-2-3-5(16)15-7(4)17/h4,11H,2-3H2,1H3,(H,14,18)(H,15,16,17). The summed E-state index contributed by atoms with van der Waals surface area (Å²) in [6.45, 7) is 8.12. The Hall–Kier alpha value is -1.20. The van der Waals surface area contributed by atoms with Gasteiger partial charge in [-0.1, -0.05) is 0 Å². The molecule has 1 saturated heterocycles. The Labute approximate surface area is 108 Å². The SMILES string of the molecule is CB1B=BC(C(=O)NC2CCC(=O)NC2=O)=BB1. The van der Waals surface area contributed by atoms with Gasteiger partial charge < -0.3 is 0 Å². The Kier molecular flexibility index (Phi) is 4.14. The number of carbonyl (C=O) groups excluding carboxylic acids is 3. The van der Waals surface area contributed by atoms with Gasteiger partial charge in [-0.2, -0.15) is 0 Å². The van der Waals surface area contributed by atoms with Crippen molar-refractivity contribution in [3.8, 4) is 0 Å². The molecule has 0 saturated carbocycles. The molecule has 0 aromatic carbocycles. The molecule has 1 fully saturated rings. The summed E-state index contributed by atoms with van der Waals surface area (Å²) in [5, 5.41) is 5.45. The molecule has 10 heteroatoms. The average Bonchev–Trinajstić information content (AvgIpc) is 2.33. The molecule has 2 aliphatic heterocycles. The molecule has 1 atom stereocenters. The zero-order valence-electron chi connectivity index (χ0n) is 10.2. The molecule has 1 unspecified atom stereocenters. The van der Waals surface area contributed by atoms with E-state index in [1.54, 1.807) is 6.80 Å². The monoisotopic (exact) mass is 238 g/mol. The van der Waals surface area contributed by atoms with E-state index in [0.29, 0.717) is 18.3 Å². The molecule has 0 spiro atoms. The first kappa shape index (κ1) is 13.2. The van der Waals surface area contributed by atoms with Crippen LogP contribution in [0.4, 0.5) is 0 Å². The number of hydrogen-bond acceptors (Lipinski definition) is 3. The summed E-state index contributed by atoms with van der Waals surface area (Å²) < 4.78 is 0. The quantitative estimate of drug-likeness (QED) is 0.387. The predicted octanol–water partition coefficient (Wildman–Crippen LogP) is -3.45. The summed E-state index contributed by atoms with van der Waals surface area (Å²) >= 11 is 0. The first-order valence-electron chi connectivity index (χ1n) is 6.09. The van der Waals surface area contributed by atoms with E-state index in [4.69, 9.17) is 0 Å². The van der Waals surface area contributed by atoms with Crippen molar-refractivity contribution >= 4 is 56.9 Å². The van der Waals surface area contributed by atoms with Gasteiger partial charge in [0.2, 0.25) is 0 Å². The van der Waals surface area contributed by atoms with Crippen LogP contribution < -0.4 is 10.6 Å². The number of imide groups is 1. The Morgan fingerprint density at radius 2 is 2.33 bits per heavy atom. The predicted molar refractivity (Wildman–Crippen MR) is 75.4 cm³/mol. The maximum absolute atomic E-state index is 11.9. The van der Waals surface area contributed by atoms with Gasteiger partial charge in [0.15, 0.2) is 0 Å². The topological polar surface area (TPSA) is 75.3 Å². The van der Waals surface area contributed by atoms with Crippen molar-refractivity contribution in [2.75, 3.05) is 0 Å². The molecule has 2 N–H and O–H groups in total. The van der Waals surface area contributed by atoms with Crippen molar-refractivity contribution in [3.05, 3.63) is 0 Å². The van der Waals surface area contributed by atoms with Crippen LogP contribution in [0.1, 0.15) is 12.8 Å².